The minimum atomic E-state index is -0.0152. The lowest BCUT2D eigenvalue weighted by Gasteiger charge is -2.28. The fourth-order valence-electron chi connectivity index (χ4n) is 3.45. The summed E-state index contributed by atoms with van der Waals surface area (Å²) in [7, 11) is 0. The molecule has 2 aliphatic heterocycles. The summed E-state index contributed by atoms with van der Waals surface area (Å²) >= 11 is 6.15. The van der Waals surface area contributed by atoms with Gasteiger partial charge in [-0.15, -0.1) is 0 Å². The first-order valence-corrected chi connectivity index (χ1v) is 8.62. The molecule has 1 amide bonds. The number of carbonyl (C=O) groups is 1. The van der Waals surface area contributed by atoms with Crippen LogP contribution in [0.3, 0.4) is 0 Å². The molecular weight excluding hydrogens is 298 g/mol. The summed E-state index contributed by atoms with van der Waals surface area (Å²) in [5.41, 5.74) is 1.19. The molecule has 2 heterocycles. The Labute approximate surface area is 137 Å². The summed E-state index contributed by atoms with van der Waals surface area (Å²) < 4.78 is 0. The van der Waals surface area contributed by atoms with Crippen molar-refractivity contribution in [1.29, 1.82) is 0 Å². The molecule has 1 aromatic carbocycles. The maximum absolute atomic E-state index is 12.2. The summed E-state index contributed by atoms with van der Waals surface area (Å²) in [5, 5.41) is 7.14. The summed E-state index contributed by atoms with van der Waals surface area (Å²) in [6.07, 6.45) is 4.49. The molecule has 3 rings (SSSR count). The molecule has 0 spiro atoms. The van der Waals surface area contributed by atoms with Gasteiger partial charge < -0.3 is 10.6 Å². The molecule has 0 aromatic heterocycles. The van der Waals surface area contributed by atoms with E-state index in [0.29, 0.717) is 6.54 Å². The van der Waals surface area contributed by atoms with E-state index < -0.39 is 0 Å². The van der Waals surface area contributed by atoms with Gasteiger partial charge in [-0.25, -0.2) is 0 Å². The van der Waals surface area contributed by atoms with Gasteiger partial charge in [0.25, 0.3) is 0 Å². The number of rotatable bonds is 5. The minimum absolute atomic E-state index is 0.0152. The summed E-state index contributed by atoms with van der Waals surface area (Å²) in [5.74, 6) is 0.128. The number of nitrogens with one attached hydrogen (secondary N) is 2. The Balaban J connectivity index is 1.67. The molecule has 0 saturated carbocycles. The van der Waals surface area contributed by atoms with E-state index in [2.05, 4.69) is 21.6 Å². The van der Waals surface area contributed by atoms with Gasteiger partial charge in [0.15, 0.2) is 0 Å². The Morgan fingerprint density at radius 1 is 1.36 bits per heavy atom. The van der Waals surface area contributed by atoms with Crippen molar-refractivity contribution in [3.8, 4) is 0 Å². The number of carbonyl (C=O) groups excluding carboxylic acids is 1. The zero-order valence-electron chi connectivity index (χ0n) is 12.9. The maximum atomic E-state index is 12.2. The number of hydrogen-bond acceptors (Lipinski definition) is 3. The smallest absolute Gasteiger partial charge is 0.237 e. The average molecular weight is 322 g/mol. The van der Waals surface area contributed by atoms with Gasteiger partial charge in [0.1, 0.15) is 0 Å². The highest BCUT2D eigenvalue weighted by Gasteiger charge is 2.26. The molecule has 2 N–H and O–H groups in total. The average Bonchev–Trinajstić information content (AvgIpc) is 3.21. The van der Waals surface area contributed by atoms with Crippen LogP contribution in [0.5, 0.6) is 0 Å². The topological polar surface area (TPSA) is 44.4 Å². The molecule has 2 saturated heterocycles. The molecule has 22 heavy (non-hydrogen) atoms. The second-order valence-electron chi connectivity index (χ2n) is 6.21. The van der Waals surface area contributed by atoms with E-state index in [1.165, 1.54) is 18.4 Å². The second kappa shape index (κ2) is 7.44. The van der Waals surface area contributed by atoms with Crippen LogP contribution in [-0.4, -0.2) is 43.0 Å². The van der Waals surface area contributed by atoms with Crippen molar-refractivity contribution in [3.05, 3.63) is 34.9 Å². The van der Waals surface area contributed by atoms with Crippen LogP contribution >= 0.6 is 11.6 Å². The monoisotopic (exact) mass is 321 g/mol. The Morgan fingerprint density at radius 2 is 2.18 bits per heavy atom. The van der Waals surface area contributed by atoms with Crippen LogP contribution in [-0.2, 0) is 4.79 Å². The number of nitrogens with zero attached hydrogens (tertiary/aromatic N) is 1. The first-order valence-electron chi connectivity index (χ1n) is 8.24. The fraction of sp³-hybridized carbons (Fsp3) is 0.588. The van der Waals surface area contributed by atoms with E-state index in [0.717, 1.165) is 37.5 Å². The first-order chi connectivity index (χ1) is 10.7. The number of likely N-dealkylation sites (tertiary alicyclic amines) is 1. The standard InChI is InChI=1S/C17H24ClN3O/c18-14-6-3-5-13(11-14)16(21-9-1-2-10-21)12-20-17(22)15-7-4-8-19-15/h3,5-6,11,15-16,19H,1-2,4,7-10,12H2,(H,20,22). The van der Waals surface area contributed by atoms with Crippen molar-refractivity contribution in [2.75, 3.05) is 26.2 Å². The molecule has 2 fully saturated rings. The molecule has 0 bridgehead atoms. The molecule has 120 valence electrons. The third-order valence-electron chi connectivity index (χ3n) is 4.66. The Bertz CT molecular complexity index is 510. The van der Waals surface area contributed by atoms with Gasteiger partial charge in [-0.05, 0) is 63.0 Å². The third-order valence-corrected chi connectivity index (χ3v) is 4.90. The quantitative estimate of drug-likeness (QED) is 0.875. The molecule has 4 nitrogen and oxygen atoms in total. The number of amides is 1. The summed E-state index contributed by atoms with van der Waals surface area (Å²) in [6, 6.07) is 8.21. The SMILES string of the molecule is O=C(NCC(c1cccc(Cl)c1)N1CCCC1)C1CCCN1. The van der Waals surface area contributed by atoms with Crippen molar-refractivity contribution in [1.82, 2.24) is 15.5 Å². The van der Waals surface area contributed by atoms with Gasteiger partial charge in [0.05, 0.1) is 12.1 Å². The Kier molecular flexibility index (Phi) is 5.34. The fourth-order valence-corrected chi connectivity index (χ4v) is 3.65. The summed E-state index contributed by atoms with van der Waals surface area (Å²) in [4.78, 5) is 14.7. The van der Waals surface area contributed by atoms with Gasteiger partial charge in [-0.1, -0.05) is 23.7 Å². The molecule has 5 heteroatoms. The minimum Gasteiger partial charge on any atom is -0.353 e. The van der Waals surface area contributed by atoms with Gasteiger partial charge in [-0.2, -0.15) is 0 Å². The van der Waals surface area contributed by atoms with E-state index in [1.54, 1.807) is 0 Å². The van der Waals surface area contributed by atoms with E-state index in [9.17, 15) is 4.79 Å². The lowest BCUT2D eigenvalue weighted by molar-refractivity contribution is -0.123. The van der Waals surface area contributed by atoms with Crippen LogP contribution in [0, 0.1) is 0 Å². The zero-order valence-corrected chi connectivity index (χ0v) is 13.6. The highest BCUT2D eigenvalue weighted by Crippen LogP contribution is 2.26. The van der Waals surface area contributed by atoms with Crippen molar-refractivity contribution < 1.29 is 4.79 Å². The van der Waals surface area contributed by atoms with E-state index in [4.69, 9.17) is 11.6 Å². The lowest BCUT2D eigenvalue weighted by atomic mass is 10.1. The van der Waals surface area contributed by atoms with Crippen molar-refractivity contribution in [3.63, 3.8) is 0 Å². The van der Waals surface area contributed by atoms with Crippen LogP contribution in [0.1, 0.15) is 37.3 Å². The Hall–Kier alpha value is -1.10. The van der Waals surface area contributed by atoms with Crippen molar-refractivity contribution in [2.24, 2.45) is 0 Å². The molecular formula is C17H24ClN3O. The molecule has 2 aliphatic rings. The van der Waals surface area contributed by atoms with Crippen LogP contribution in [0.25, 0.3) is 0 Å². The van der Waals surface area contributed by atoms with Crippen molar-refractivity contribution in [2.45, 2.75) is 37.8 Å². The number of benzene rings is 1. The van der Waals surface area contributed by atoms with E-state index >= 15 is 0 Å². The molecule has 0 aliphatic carbocycles. The van der Waals surface area contributed by atoms with Crippen LogP contribution in [0.2, 0.25) is 5.02 Å². The van der Waals surface area contributed by atoms with Crippen LogP contribution < -0.4 is 10.6 Å². The number of hydrogen-bond donors (Lipinski definition) is 2. The molecule has 2 unspecified atom stereocenters. The number of halogens is 1. The van der Waals surface area contributed by atoms with Crippen LogP contribution in [0.15, 0.2) is 24.3 Å². The highest BCUT2D eigenvalue weighted by atomic mass is 35.5. The maximum Gasteiger partial charge on any atom is 0.237 e. The van der Waals surface area contributed by atoms with Crippen LogP contribution in [0.4, 0.5) is 0 Å². The van der Waals surface area contributed by atoms with Gasteiger partial charge in [0, 0.05) is 11.6 Å². The normalized spacial score (nSPS) is 23.6. The summed E-state index contributed by atoms with van der Waals surface area (Å²) in [6.45, 7) is 3.78. The zero-order chi connectivity index (χ0) is 15.4. The van der Waals surface area contributed by atoms with Gasteiger partial charge in [-0.3, -0.25) is 9.69 Å². The predicted molar refractivity (Wildman–Crippen MR) is 89.0 cm³/mol. The van der Waals surface area contributed by atoms with E-state index in [1.807, 2.05) is 18.2 Å². The molecule has 2 atom stereocenters. The third kappa shape index (κ3) is 3.80. The van der Waals surface area contributed by atoms with Gasteiger partial charge >= 0.3 is 0 Å². The molecule has 0 radical (unpaired) electrons. The van der Waals surface area contributed by atoms with Crippen molar-refractivity contribution >= 4 is 17.5 Å². The second-order valence-corrected chi connectivity index (χ2v) is 6.64. The Morgan fingerprint density at radius 3 is 2.86 bits per heavy atom. The van der Waals surface area contributed by atoms with E-state index in [-0.39, 0.29) is 18.0 Å². The predicted octanol–water partition coefficient (Wildman–Crippen LogP) is 2.35. The lowest BCUT2D eigenvalue weighted by Crippen LogP contribution is -2.44. The van der Waals surface area contributed by atoms with Gasteiger partial charge in [0.2, 0.25) is 5.91 Å². The largest absolute Gasteiger partial charge is 0.353 e. The first kappa shape index (κ1) is 15.8. The highest BCUT2D eigenvalue weighted by molar-refractivity contribution is 6.30. The molecule has 1 aromatic rings.